The summed E-state index contributed by atoms with van der Waals surface area (Å²) in [6.07, 6.45) is 5.65. The number of rotatable bonds is 6. The van der Waals surface area contributed by atoms with Crippen LogP contribution in [0.3, 0.4) is 0 Å². The Kier molecular flexibility index (Phi) is 5.54. The first-order valence-electron chi connectivity index (χ1n) is 7.53. The third-order valence-corrected chi connectivity index (χ3v) is 5.09. The maximum absolute atomic E-state index is 12.0. The Morgan fingerprint density at radius 3 is 2.70 bits per heavy atom. The van der Waals surface area contributed by atoms with Crippen LogP contribution in [0, 0.1) is 13.8 Å². The molecule has 0 aliphatic heterocycles. The van der Waals surface area contributed by atoms with Gasteiger partial charge in [0.1, 0.15) is 0 Å². The standard InChI is InChI=1S/C15H25N3OS/c1-10-12(3)20-14(17-10)8-9-16-11(2)15(19)18-13-6-4-5-7-13/h11,13,16H,4-9H2,1-3H3,(H,18,19)/t11-/m0/s1. The second kappa shape index (κ2) is 7.18. The monoisotopic (exact) mass is 295 g/mol. The van der Waals surface area contributed by atoms with Crippen molar-refractivity contribution in [1.29, 1.82) is 0 Å². The molecule has 1 heterocycles. The second-order valence-corrected chi connectivity index (χ2v) is 6.95. The molecule has 2 rings (SSSR count). The van der Waals surface area contributed by atoms with Crippen molar-refractivity contribution in [3.8, 4) is 0 Å². The molecule has 1 aromatic heterocycles. The Bertz CT molecular complexity index is 432. The molecule has 1 atom stereocenters. The number of amides is 1. The number of thiazole rings is 1. The molecule has 1 saturated carbocycles. The third kappa shape index (κ3) is 4.28. The Hall–Kier alpha value is -0.940. The van der Waals surface area contributed by atoms with Gasteiger partial charge in [0.25, 0.3) is 0 Å². The van der Waals surface area contributed by atoms with Gasteiger partial charge >= 0.3 is 0 Å². The molecular formula is C15H25N3OS. The normalized spacial score (nSPS) is 17.4. The van der Waals surface area contributed by atoms with Crippen LogP contribution in [0.1, 0.15) is 48.2 Å². The van der Waals surface area contributed by atoms with E-state index < -0.39 is 0 Å². The molecule has 0 unspecified atom stereocenters. The Morgan fingerprint density at radius 1 is 1.40 bits per heavy atom. The van der Waals surface area contributed by atoms with Crippen LogP contribution in [0.2, 0.25) is 0 Å². The zero-order valence-corrected chi connectivity index (χ0v) is 13.5. The predicted molar refractivity (Wildman–Crippen MR) is 83.2 cm³/mol. The lowest BCUT2D eigenvalue weighted by Crippen LogP contribution is -2.46. The molecule has 0 radical (unpaired) electrons. The van der Waals surface area contributed by atoms with Crippen LogP contribution in [-0.4, -0.2) is 29.5 Å². The Balaban J connectivity index is 1.68. The molecule has 5 heteroatoms. The Morgan fingerprint density at radius 2 is 2.10 bits per heavy atom. The molecule has 0 spiro atoms. The van der Waals surface area contributed by atoms with Crippen molar-refractivity contribution < 1.29 is 4.79 Å². The van der Waals surface area contributed by atoms with Gasteiger partial charge in [-0.1, -0.05) is 12.8 Å². The number of carbonyl (C=O) groups is 1. The zero-order chi connectivity index (χ0) is 14.5. The average molecular weight is 295 g/mol. The molecule has 1 aliphatic carbocycles. The molecule has 1 amide bonds. The van der Waals surface area contributed by atoms with E-state index in [9.17, 15) is 4.79 Å². The highest BCUT2D eigenvalue weighted by molar-refractivity contribution is 7.11. The molecule has 20 heavy (non-hydrogen) atoms. The molecule has 1 aliphatic rings. The molecule has 0 bridgehead atoms. The van der Waals surface area contributed by atoms with Gasteiger partial charge in [-0.05, 0) is 33.6 Å². The lowest BCUT2D eigenvalue weighted by molar-refractivity contribution is -0.123. The fraction of sp³-hybridized carbons (Fsp3) is 0.733. The van der Waals surface area contributed by atoms with E-state index in [4.69, 9.17) is 0 Å². The summed E-state index contributed by atoms with van der Waals surface area (Å²) in [4.78, 5) is 17.8. The van der Waals surface area contributed by atoms with Gasteiger partial charge in [0.2, 0.25) is 5.91 Å². The lowest BCUT2D eigenvalue weighted by atomic mass is 10.2. The zero-order valence-electron chi connectivity index (χ0n) is 12.7. The van der Waals surface area contributed by atoms with Gasteiger partial charge in [0, 0.05) is 23.9 Å². The van der Waals surface area contributed by atoms with Crippen LogP contribution in [0.5, 0.6) is 0 Å². The maximum atomic E-state index is 12.0. The van der Waals surface area contributed by atoms with E-state index in [0.717, 1.165) is 36.5 Å². The smallest absolute Gasteiger partial charge is 0.237 e. The average Bonchev–Trinajstić information content (AvgIpc) is 3.00. The minimum atomic E-state index is -0.127. The molecule has 1 aromatic rings. The number of aromatic nitrogens is 1. The fourth-order valence-electron chi connectivity index (χ4n) is 2.53. The van der Waals surface area contributed by atoms with E-state index in [-0.39, 0.29) is 11.9 Å². The topological polar surface area (TPSA) is 54.0 Å². The van der Waals surface area contributed by atoms with Gasteiger partial charge in [-0.15, -0.1) is 11.3 Å². The van der Waals surface area contributed by atoms with Crippen molar-refractivity contribution in [2.75, 3.05) is 6.54 Å². The van der Waals surface area contributed by atoms with E-state index >= 15 is 0 Å². The molecule has 0 aromatic carbocycles. The minimum Gasteiger partial charge on any atom is -0.352 e. The first kappa shape index (κ1) is 15.4. The highest BCUT2D eigenvalue weighted by Gasteiger charge is 2.20. The van der Waals surface area contributed by atoms with E-state index in [1.54, 1.807) is 11.3 Å². The predicted octanol–water partition coefficient (Wildman–Crippen LogP) is 2.34. The van der Waals surface area contributed by atoms with Gasteiger partial charge in [0.05, 0.1) is 16.7 Å². The summed E-state index contributed by atoms with van der Waals surface area (Å²) in [6, 6.07) is 0.272. The lowest BCUT2D eigenvalue weighted by Gasteiger charge is -2.17. The van der Waals surface area contributed by atoms with Crippen molar-refractivity contribution in [3.63, 3.8) is 0 Å². The van der Waals surface area contributed by atoms with Crippen molar-refractivity contribution in [2.24, 2.45) is 0 Å². The van der Waals surface area contributed by atoms with Crippen LogP contribution in [0.25, 0.3) is 0 Å². The van der Waals surface area contributed by atoms with Gasteiger partial charge in [-0.2, -0.15) is 0 Å². The van der Waals surface area contributed by atoms with Crippen molar-refractivity contribution >= 4 is 17.2 Å². The summed E-state index contributed by atoms with van der Waals surface area (Å²) >= 11 is 1.75. The van der Waals surface area contributed by atoms with Crippen molar-refractivity contribution in [1.82, 2.24) is 15.6 Å². The summed E-state index contributed by atoms with van der Waals surface area (Å²) in [6.45, 7) is 6.87. The number of nitrogens with zero attached hydrogens (tertiary/aromatic N) is 1. The van der Waals surface area contributed by atoms with Crippen LogP contribution >= 0.6 is 11.3 Å². The minimum absolute atomic E-state index is 0.127. The van der Waals surface area contributed by atoms with Crippen LogP contribution < -0.4 is 10.6 Å². The quantitative estimate of drug-likeness (QED) is 0.847. The molecule has 2 N–H and O–H groups in total. The summed E-state index contributed by atoms with van der Waals surface area (Å²) in [5.41, 5.74) is 1.12. The number of nitrogens with one attached hydrogen (secondary N) is 2. The van der Waals surface area contributed by atoms with Gasteiger partial charge in [-0.3, -0.25) is 4.79 Å². The SMILES string of the molecule is Cc1nc(CCN[C@@H](C)C(=O)NC2CCCC2)sc1C. The van der Waals surface area contributed by atoms with Gasteiger partial charge < -0.3 is 10.6 Å². The largest absolute Gasteiger partial charge is 0.352 e. The molecule has 1 fully saturated rings. The van der Waals surface area contributed by atoms with Crippen molar-refractivity contribution in [2.45, 2.75) is 65.0 Å². The molecule has 112 valence electrons. The number of aryl methyl sites for hydroxylation is 2. The van der Waals surface area contributed by atoms with E-state index in [1.807, 2.05) is 13.8 Å². The summed E-state index contributed by atoms with van der Waals surface area (Å²) in [5, 5.41) is 7.56. The summed E-state index contributed by atoms with van der Waals surface area (Å²) < 4.78 is 0. The summed E-state index contributed by atoms with van der Waals surface area (Å²) in [5.74, 6) is 0.128. The van der Waals surface area contributed by atoms with E-state index in [0.29, 0.717) is 6.04 Å². The first-order chi connectivity index (χ1) is 9.56. The molecule has 0 saturated heterocycles. The fourth-order valence-corrected chi connectivity index (χ4v) is 3.46. The van der Waals surface area contributed by atoms with Crippen molar-refractivity contribution in [3.05, 3.63) is 15.6 Å². The highest BCUT2D eigenvalue weighted by atomic mass is 32.1. The maximum Gasteiger partial charge on any atom is 0.237 e. The Labute approximate surface area is 125 Å². The first-order valence-corrected chi connectivity index (χ1v) is 8.34. The highest BCUT2D eigenvalue weighted by Crippen LogP contribution is 2.18. The van der Waals surface area contributed by atoms with Crippen LogP contribution in [0.15, 0.2) is 0 Å². The van der Waals surface area contributed by atoms with Gasteiger partial charge in [-0.25, -0.2) is 4.98 Å². The van der Waals surface area contributed by atoms with Crippen LogP contribution in [-0.2, 0) is 11.2 Å². The van der Waals surface area contributed by atoms with E-state index in [2.05, 4.69) is 22.5 Å². The second-order valence-electron chi connectivity index (χ2n) is 5.66. The molecular weight excluding hydrogens is 270 g/mol. The van der Waals surface area contributed by atoms with Crippen LogP contribution in [0.4, 0.5) is 0 Å². The number of hydrogen-bond acceptors (Lipinski definition) is 4. The number of carbonyl (C=O) groups excluding carboxylic acids is 1. The third-order valence-electron chi connectivity index (χ3n) is 3.96. The molecule has 4 nitrogen and oxygen atoms in total. The van der Waals surface area contributed by atoms with E-state index in [1.165, 1.54) is 17.7 Å². The number of hydrogen-bond donors (Lipinski definition) is 2. The summed E-state index contributed by atoms with van der Waals surface area (Å²) in [7, 11) is 0. The van der Waals surface area contributed by atoms with Gasteiger partial charge in [0.15, 0.2) is 0 Å².